The van der Waals surface area contributed by atoms with Crippen LogP contribution in [0.5, 0.6) is 0 Å². The molecule has 0 heterocycles. The van der Waals surface area contributed by atoms with Crippen molar-refractivity contribution >= 4 is 17.3 Å². The molecular weight excluding hydrogens is 241 g/mol. The summed E-state index contributed by atoms with van der Waals surface area (Å²) in [6, 6.07) is 2.60. The van der Waals surface area contributed by atoms with Gasteiger partial charge in [0.15, 0.2) is 5.82 Å². The van der Waals surface area contributed by atoms with Crippen LogP contribution >= 0.6 is 0 Å². The molecule has 1 unspecified atom stereocenters. The number of rotatable bonds is 5. The predicted molar refractivity (Wildman–Crippen MR) is 64.8 cm³/mol. The lowest BCUT2D eigenvalue weighted by molar-refractivity contribution is -0.385. The van der Waals surface area contributed by atoms with Crippen LogP contribution in [0, 0.1) is 15.9 Å². The van der Waals surface area contributed by atoms with Gasteiger partial charge in [0.05, 0.1) is 16.7 Å². The molecule has 6 nitrogen and oxygen atoms in total. The van der Waals surface area contributed by atoms with Gasteiger partial charge < -0.3 is 10.6 Å². The fourth-order valence-electron chi connectivity index (χ4n) is 1.36. The average Bonchev–Trinajstić information content (AvgIpc) is 2.31. The fourth-order valence-corrected chi connectivity index (χ4v) is 1.36. The maximum atomic E-state index is 13.5. The monoisotopic (exact) mass is 255 g/mol. The van der Waals surface area contributed by atoms with Crippen molar-refractivity contribution in [3.63, 3.8) is 0 Å². The summed E-state index contributed by atoms with van der Waals surface area (Å²) >= 11 is 0. The van der Waals surface area contributed by atoms with E-state index in [0.29, 0.717) is 6.54 Å². The van der Waals surface area contributed by atoms with Gasteiger partial charge in [-0.2, -0.15) is 0 Å². The van der Waals surface area contributed by atoms with Crippen molar-refractivity contribution in [2.45, 2.75) is 19.9 Å². The lowest BCUT2D eigenvalue weighted by atomic mass is 10.2. The minimum Gasteiger partial charge on any atom is -0.372 e. The van der Waals surface area contributed by atoms with E-state index in [-0.39, 0.29) is 17.3 Å². The molecule has 18 heavy (non-hydrogen) atoms. The van der Waals surface area contributed by atoms with Crippen LogP contribution in [0.4, 0.5) is 15.8 Å². The average molecular weight is 255 g/mol. The molecule has 98 valence electrons. The number of carbonyl (C=O) groups is 1. The van der Waals surface area contributed by atoms with E-state index in [1.807, 2.05) is 0 Å². The van der Waals surface area contributed by atoms with Crippen molar-refractivity contribution in [3.05, 3.63) is 34.1 Å². The molecule has 1 rings (SSSR count). The molecule has 0 radical (unpaired) electrons. The van der Waals surface area contributed by atoms with E-state index in [9.17, 15) is 19.3 Å². The number of hydrogen-bond acceptors (Lipinski definition) is 4. The van der Waals surface area contributed by atoms with E-state index in [4.69, 9.17) is 0 Å². The molecule has 0 spiro atoms. The van der Waals surface area contributed by atoms with Crippen LogP contribution in [-0.2, 0) is 4.79 Å². The van der Waals surface area contributed by atoms with Gasteiger partial charge in [0, 0.05) is 12.6 Å². The topological polar surface area (TPSA) is 84.3 Å². The quantitative estimate of drug-likeness (QED) is 0.619. The molecule has 0 saturated carbocycles. The molecule has 1 aromatic rings. The van der Waals surface area contributed by atoms with Crippen LogP contribution in [0.25, 0.3) is 0 Å². The number of anilines is 1. The summed E-state index contributed by atoms with van der Waals surface area (Å²) in [7, 11) is 0. The van der Waals surface area contributed by atoms with Gasteiger partial charge in [-0.05, 0) is 19.9 Å². The fraction of sp³-hybridized carbons (Fsp3) is 0.364. The number of nitrogens with one attached hydrogen (secondary N) is 2. The number of hydrogen-bond donors (Lipinski definition) is 2. The molecule has 0 aromatic heterocycles. The summed E-state index contributed by atoms with van der Waals surface area (Å²) in [5, 5.41) is 15.7. The lowest BCUT2D eigenvalue weighted by Crippen LogP contribution is -2.37. The van der Waals surface area contributed by atoms with Crippen molar-refractivity contribution in [2.75, 3.05) is 11.9 Å². The van der Waals surface area contributed by atoms with Crippen LogP contribution < -0.4 is 10.6 Å². The van der Waals surface area contributed by atoms with Gasteiger partial charge >= 0.3 is 0 Å². The van der Waals surface area contributed by atoms with Crippen LogP contribution in [0.15, 0.2) is 18.2 Å². The number of amides is 1. The standard InChI is InChI=1S/C11H14FN3O3/c1-3-13-11(16)7(2)14-10-5-4-8(15(17)18)6-9(10)12/h4-7,14H,3H2,1-2H3,(H,13,16). The van der Waals surface area contributed by atoms with Crippen molar-refractivity contribution in [1.29, 1.82) is 0 Å². The van der Waals surface area contributed by atoms with Gasteiger partial charge in [-0.3, -0.25) is 14.9 Å². The molecule has 2 N–H and O–H groups in total. The predicted octanol–water partition coefficient (Wildman–Crippen LogP) is 1.67. The molecule has 0 aliphatic carbocycles. The Labute approximate surface area is 103 Å². The Morgan fingerprint density at radius 1 is 1.56 bits per heavy atom. The number of benzene rings is 1. The summed E-state index contributed by atoms with van der Waals surface area (Å²) in [6.45, 7) is 3.83. The Bertz CT molecular complexity index is 465. The summed E-state index contributed by atoms with van der Waals surface area (Å²) in [5.41, 5.74) is -0.275. The van der Waals surface area contributed by atoms with Crippen LogP contribution in [0.1, 0.15) is 13.8 Å². The van der Waals surface area contributed by atoms with E-state index in [2.05, 4.69) is 10.6 Å². The third-order valence-corrected chi connectivity index (χ3v) is 2.28. The molecule has 0 fully saturated rings. The Morgan fingerprint density at radius 3 is 2.72 bits per heavy atom. The van der Waals surface area contributed by atoms with Gasteiger partial charge in [0.1, 0.15) is 6.04 Å². The summed E-state index contributed by atoms with van der Waals surface area (Å²) < 4.78 is 13.5. The van der Waals surface area contributed by atoms with Crippen molar-refractivity contribution in [3.8, 4) is 0 Å². The molecule has 0 aliphatic rings. The van der Waals surface area contributed by atoms with Gasteiger partial charge in [-0.25, -0.2) is 4.39 Å². The maximum Gasteiger partial charge on any atom is 0.272 e. The number of likely N-dealkylation sites (N-methyl/N-ethyl adjacent to an activating group) is 1. The van der Waals surface area contributed by atoms with E-state index >= 15 is 0 Å². The molecule has 7 heteroatoms. The van der Waals surface area contributed by atoms with E-state index in [0.717, 1.165) is 6.07 Å². The van der Waals surface area contributed by atoms with E-state index in [1.165, 1.54) is 12.1 Å². The minimum atomic E-state index is -0.764. The second kappa shape index (κ2) is 5.95. The second-order valence-electron chi connectivity index (χ2n) is 3.68. The number of nitrogens with zero attached hydrogens (tertiary/aromatic N) is 1. The Morgan fingerprint density at radius 2 is 2.22 bits per heavy atom. The van der Waals surface area contributed by atoms with Gasteiger partial charge in [0.2, 0.25) is 5.91 Å². The highest BCUT2D eigenvalue weighted by molar-refractivity contribution is 5.84. The minimum absolute atomic E-state index is 0.0550. The van der Waals surface area contributed by atoms with Crippen molar-refractivity contribution in [1.82, 2.24) is 5.32 Å². The van der Waals surface area contributed by atoms with Gasteiger partial charge in [0.25, 0.3) is 5.69 Å². The SMILES string of the molecule is CCNC(=O)C(C)Nc1ccc([N+](=O)[O-])cc1F. The first-order valence-electron chi connectivity index (χ1n) is 5.44. The Hall–Kier alpha value is -2.18. The number of non-ortho nitro benzene ring substituents is 1. The highest BCUT2D eigenvalue weighted by Crippen LogP contribution is 2.20. The van der Waals surface area contributed by atoms with Gasteiger partial charge in [-0.15, -0.1) is 0 Å². The van der Waals surface area contributed by atoms with Crippen LogP contribution in [-0.4, -0.2) is 23.4 Å². The van der Waals surface area contributed by atoms with E-state index in [1.54, 1.807) is 13.8 Å². The molecule has 1 atom stereocenters. The second-order valence-corrected chi connectivity index (χ2v) is 3.68. The maximum absolute atomic E-state index is 13.5. The first-order valence-corrected chi connectivity index (χ1v) is 5.44. The third-order valence-electron chi connectivity index (χ3n) is 2.28. The van der Waals surface area contributed by atoms with Crippen molar-refractivity contribution in [2.24, 2.45) is 0 Å². The lowest BCUT2D eigenvalue weighted by Gasteiger charge is -2.14. The third kappa shape index (κ3) is 3.41. The first-order chi connectivity index (χ1) is 8.45. The highest BCUT2D eigenvalue weighted by atomic mass is 19.1. The summed E-state index contributed by atoms with van der Waals surface area (Å²) in [4.78, 5) is 21.2. The molecule has 1 aromatic carbocycles. The zero-order chi connectivity index (χ0) is 13.7. The molecule has 1 amide bonds. The molecule has 0 bridgehead atoms. The smallest absolute Gasteiger partial charge is 0.272 e. The molecular formula is C11H14FN3O3. The first kappa shape index (κ1) is 13.9. The number of nitro groups is 1. The Balaban J connectivity index is 2.79. The van der Waals surface area contributed by atoms with Crippen LogP contribution in [0.3, 0.4) is 0 Å². The summed E-state index contributed by atoms with van der Waals surface area (Å²) in [5.74, 6) is -1.03. The summed E-state index contributed by atoms with van der Waals surface area (Å²) in [6.07, 6.45) is 0. The van der Waals surface area contributed by atoms with Crippen molar-refractivity contribution < 1.29 is 14.1 Å². The van der Waals surface area contributed by atoms with Gasteiger partial charge in [-0.1, -0.05) is 0 Å². The van der Waals surface area contributed by atoms with Crippen LogP contribution in [0.2, 0.25) is 0 Å². The number of halogens is 1. The largest absolute Gasteiger partial charge is 0.372 e. The zero-order valence-electron chi connectivity index (χ0n) is 10.1. The number of carbonyl (C=O) groups excluding carboxylic acids is 1. The normalized spacial score (nSPS) is 11.7. The highest BCUT2D eigenvalue weighted by Gasteiger charge is 2.15. The zero-order valence-corrected chi connectivity index (χ0v) is 10.1. The molecule has 0 aliphatic heterocycles. The van der Waals surface area contributed by atoms with E-state index < -0.39 is 16.8 Å². The Kier molecular flexibility index (Phi) is 4.59. The number of nitro benzene ring substituents is 1. The molecule has 0 saturated heterocycles.